The number of H-pyrrole nitrogens is 1. The van der Waals surface area contributed by atoms with Gasteiger partial charge in [0.25, 0.3) is 0 Å². The van der Waals surface area contributed by atoms with Crippen LogP contribution in [0, 0.1) is 5.92 Å². The van der Waals surface area contributed by atoms with Crippen molar-refractivity contribution in [3.8, 4) is 5.75 Å². The number of hydrogen-bond donors (Lipinski definition) is 2. The van der Waals surface area contributed by atoms with Gasteiger partial charge < -0.3 is 15.0 Å². The lowest BCUT2D eigenvalue weighted by molar-refractivity contribution is -0.120. The first-order valence-electron chi connectivity index (χ1n) is 7.01. The molecule has 0 radical (unpaired) electrons. The normalized spacial score (nSPS) is 11.0. The van der Waals surface area contributed by atoms with Crippen molar-refractivity contribution >= 4 is 16.8 Å². The van der Waals surface area contributed by atoms with Gasteiger partial charge in [0.15, 0.2) is 0 Å². The van der Waals surface area contributed by atoms with E-state index >= 15 is 0 Å². The number of carbonyl (C=O) groups excluding carboxylic acids is 1. The van der Waals surface area contributed by atoms with Crippen LogP contribution in [0.4, 0.5) is 0 Å². The van der Waals surface area contributed by atoms with Crippen LogP contribution >= 0.6 is 0 Å². The van der Waals surface area contributed by atoms with Crippen LogP contribution in [0.1, 0.15) is 25.8 Å². The lowest BCUT2D eigenvalue weighted by atomic mass is 10.1. The van der Waals surface area contributed by atoms with Gasteiger partial charge in [-0.25, -0.2) is 0 Å². The molecular weight excluding hydrogens is 252 g/mol. The van der Waals surface area contributed by atoms with Gasteiger partial charge in [-0.2, -0.15) is 0 Å². The van der Waals surface area contributed by atoms with Gasteiger partial charge in [-0.15, -0.1) is 0 Å². The van der Waals surface area contributed by atoms with Crippen LogP contribution in [0.25, 0.3) is 10.9 Å². The molecule has 2 N–H and O–H groups in total. The second-order valence-electron chi connectivity index (χ2n) is 5.43. The van der Waals surface area contributed by atoms with Gasteiger partial charge in [-0.1, -0.05) is 13.8 Å². The van der Waals surface area contributed by atoms with E-state index in [4.69, 9.17) is 4.74 Å². The second-order valence-corrected chi connectivity index (χ2v) is 5.43. The Labute approximate surface area is 119 Å². The molecule has 0 aliphatic rings. The largest absolute Gasteiger partial charge is 0.497 e. The highest BCUT2D eigenvalue weighted by Gasteiger charge is 2.09. The summed E-state index contributed by atoms with van der Waals surface area (Å²) in [4.78, 5) is 15.1. The van der Waals surface area contributed by atoms with E-state index in [1.54, 1.807) is 7.11 Å². The van der Waals surface area contributed by atoms with E-state index in [1.807, 2.05) is 24.4 Å². The van der Waals surface area contributed by atoms with Gasteiger partial charge in [0, 0.05) is 23.6 Å². The lowest BCUT2D eigenvalue weighted by Crippen LogP contribution is -2.26. The maximum Gasteiger partial charge on any atom is 0.224 e. The molecule has 0 saturated heterocycles. The van der Waals surface area contributed by atoms with Gasteiger partial charge in [-0.3, -0.25) is 4.79 Å². The number of carbonyl (C=O) groups is 1. The number of aromatic nitrogens is 1. The van der Waals surface area contributed by atoms with Crippen molar-refractivity contribution in [1.29, 1.82) is 0 Å². The summed E-state index contributed by atoms with van der Waals surface area (Å²) in [5, 5.41) is 4.01. The molecule has 4 heteroatoms. The Kier molecular flexibility index (Phi) is 4.66. The fourth-order valence-corrected chi connectivity index (χ4v) is 2.17. The number of rotatable bonds is 6. The van der Waals surface area contributed by atoms with Crippen molar-refractivity contribution in [3.63, 3.8) is 0 Å². The number of nitrogens with one attached hydrogen (secondary N) is 2. The molecule has 4 nitrogen and oxygen atoms in total. The Morgan fingerprint density at radius 2 is 2.20 bits per heavy atom. The van der Waals surface area contributed by atoms with Crippen molar-refractivity contribution in [1.82, 2.24) is 10.3 Å². The zero-order valence-electron chi connectivity index (χ0n) is 12.3. The predicted octanol–water partition coefficient (Wildman–Crippen LogP) is 2.88. The molecule has 0 fully saturated rings. The number of ether oxygens (including phenoxy) is 1. The fraction of sp³-hybridized carbons (Fsp3) is 0.438. The first-order chi connectivity index (χ1) is 9.60. The Morgan fingerprint density at radius 3 is 2.90 bits per heavy atom. The summed E-state index contributed by atoms with van der Waals surface area (Å²) in [5.41, 5.74) is 2.02. The highest BCUT2D eigenvalue weighted by atomic mass is 16.5. The third kappa shape index (κ3) is 3.53. The van der Waals surface area contributed by atoms with Crippen LogP contribution < -0.4 is 10.1 Å². The van der Waals surface area contributed by atoms with Crippen molar-refractivity contribution in [2.24, 2.45) is 5.92 Å². The summed E-state index contributed by atoms with van der Waals surface area (Å²) >= 11 is 0. The second kappa shape index (κ2) is 6.46. The Morgan fingerprint density at radius 1 is 1.40 bits per heavy atom. The highest BCUT2D eigenvalue weighted by molar-refractivity contribution is 5.89. The van der Waals surface area contributed by atoms with E-state index in [9.17, 15) is 4.79 Å². The minimum atomic E-state index is 0.0642. The topological polar surface area (TPSA) is 54.1 Å². The third-order valence-electron chi connectivity index (χ3n) is 3.37. The smallest absolute Gasteiger partial charge is 0.224 e. The van der Waals surface area contributed by atoms with Crippen molar-refractivity contribution in [3.05, 3.63) is 30.0 Å². The van der Waals surface area contributed by atoms with Crippen LogP contribution in [-0.2, 0) is 11.2 Å². The van der Waals surface area contributed by atoms with E-state index in [-0.39, 0.29) is 5.91 Å². The van der Waals surface area contributed by atoms with Gasteiger partial charge in [0.2, 0.25) is 5.91 Å². The molecule has 1 aromatic carbocycles. The summed E-state index contributed by atoms with van der Waals surface area (Å²) in [7, 11) is 1.64. The molecular formula is C16H22N2O2. The fourth-order valence-electron chi connectivity index (χ4n) is 2.17. The van der Waals surface area contributed by atoms with Crippen LogP contribution in [-0.4, -0.2) is 24.5 Å². The number of fused-ring (bicyclic) bond motifs is 1. The van der Waals surface area contributed by atoms with E-state index in [0.29, 0.717) is 12.3 Å². The number of amides is 1. The van der Waals surface area contributed by atoms with Gasteiger partial charge in [0.05, 0.1) is 13.5 Å². The monoisotopic (exact) mass is 274 g/mol. The molecule has 108 valence electrons. The summed E-state index contributed by atoms with van der Waals surface area (Å²) in [6.45, 7) is 5.04. The molecule has 20 heavy (non-hydrogen) atoms. The molecule has 0 saturated carbocycles. The van der Waals surface area contributed by atoms with Gasteiger partial charge in [-0.05, 0) is 36.1 Å². The maximum atomic E-state index is 11.9. The van der Waals surface area contributed by atoms with Crippen LogP contribution in [0.2, 0.25) is 0 Å². The minimum absolute atomic E-state index is 0.0642. The van der Waals surface area contributed by atoms with E-state index in [2.05, 4.69) is 24.1 Å². The quantitative estimate of drug-likeness (QED) is 0.851. The predicted molar refractivity (Wildman–Crippen MR) is 81.0 cm³/mol. The number of methoxy groups -OCH3 is 1. The Balaban J connectivity index is 2.03. The Bertz CT molecular complexity index is 587. The molecule has 0 atom stereocenters. The van der Waals surface area contributed by atoms with Gasteiger partial charge in [0.1, 0.15) is 5.75 Å². The molecule has 0 aliphatic carbocycles. The van der Waals surface area contributed by atoms with E-state index < -0.39 is 0 Å². The molecule has 2 rings (SSSR count). The first-order valence-corrected chi connectivity index (χ1v) is 7.01. The SMILES string of the molecule is COc1ccc2[nH]cc(CC(=O)NCCC(C)C)c2c1. The summed E-state index contributed by atoms with van der Waals surface area (Å²) < 4.78 is 5.23. The minimum Gasteiger partial charge on any atom is -0.497 e. The molecule has 0 bridgehead atoms. The van der Waals surface area contributed by atoms with Crippen molar-refractivity contribution in [2.75, 3.05) is 13.7 Å². The molecule has 2 aromatic rings. The average Bonchev–Trinajstić information content (AvgIpc) is 2.80. The molecule has 1 aromatic heterocycles. The van der Waals surface area contributed by atoms with Gasteiger partial charge >= 0.3 is 0 Å². The lowest BCUT2D eigenvalue weighted by Gasteiger charge is -2.07. The zero-order chi connectivity index (χ0) is 14.5. The molecule has 0 aliphatic heterocycles. The molecule has 1 amide bonds. The van der Waals surface area contributed by atoms with Crippen LogP contribution in [0.3, 0.4) is 0 Å². The molecule has 0 unspecified atom stereocenters. The van der Waals surface area contributed by atoms with Crippen LogP contribution in [0.15, 0.2) is 24.4 Å². The number of hydrogen-bond acceptors (Lipinski definition) is 2. The van der Waals surface area contributed by atoms with E-state index in [0.717, 1.165) is 35.2 Å². The Hall–Kier alpha value is -1.97. The summed E-state index contributed by atoms with van der Waals surface area (Å²) in [6, 6.07) is 5.84. The maximum absolute atomic E-state index is 11.9. The van der Waals surface area contributed by atoms with Crippen molar-refractivity contribution in [2.45, 2.75) is 26.7 Å². The molecule has 1 heterocycles. The average molecular weight is 274 g/mol. The number of aromatic amines is 1. The third-order valence-corrected chi connectivity index (χ3v) is 3.37. The first kappa shape index (κ1) is 14.4. The summed E-state index contributed by atoms with van der Waals surface area (Å²) in [6.07, 6.45) is 3.30. The van der Waals surface area contributed by atoms with E-state index in [1.165, 1.54) is 0 Å². The highest BCUT2D eigenvalue weighted by Crippen LogP contribution is 2.23. The number of benzene rings is 1. The van der Waals surface area contributed by atoms with Crippen molar-refractivity contribution < 1.29 is 9.53 Å². The zero-order valence-corrected chi connectivity index (χ0v) is 12.3. The molecule has 0 spiro atoms. The standard InChI is InChI=1S/C16H22N2O2/c1-11(2)6-7-17-16(19)8-12-10-18-15-5-4-13(20-3)9-14(12)15/h4-5,9-11,18H,6-8H2,1-3H3,(H,17,19). The summed E-state index contributed by atoms with van der Waals surface area (Å²) in [5.74, 6) is 1.47. The van der Waals surface area contributed by atoms with Crippen LogP contribution in [0.5, 0.6) is 5.75 Å².